The van der Waals surface area contributed by atoms with Gasteiger partial charge in [-0.1, -0.05) is 18.1 Å². The predicted molar refractivity (Wildman–Crippen MR) is 66.5 cm³/mol. The van der Waals surface area contributed by atoms with E-state index in [1.165, 1.54) is 0 Å². The molecular formula is C13H16N2O2. The lowest BCUT2D eigenvalue weighted by Gasteiger charge is -2.06. The Bertz CT molecular complexity index is 393. The molecule has 90 valence electrons. The summed E-state index contributed by atoms with van der Waals surface area (Å²) in [6.45, 7) is 0.810. The molecule has 1 rings (SSSR count). The summed E-state index contributed by atoms with van der Waals surface area (Å²) >= 11 is 0. The van der Waals surface area contributed by atoms with Gasteiger partial charge in [0, 0.05) is 0 Å². The van der Waals surface area contributed by atoms with Crippen LogP contribution < -0.4 is 15.8 Å². The molecule has 0 spiro atoms. The summed E-state index contributed by atoms with van der Waals surface area (Å²) in [4.78, 5) is 11.2. The Balaban J connectivity index is 2.37. The first-order chi connectivity index (χ1) is 8.26. The second-order valence-corrected chi connectivity index (χ2v) is 3.45. The van der Waals surface area contributed by atoms with E-state index in [1.807, 2.05) is 24.3 Å². The molecule has 1 aromatic rings. The third-order valence-corrected chi connectivity index (χ3v) is 2.11. The van der Waals surface area contributed by atoms with Crippen molar-refractivity contribution in [3.8, 4) is 18.1 Å². The molecule has 0 aromatic heterocycles. The van der Waals surface area contributed by atoms with Gasteiger partial charge in [-0.15, -0.1) is 6.42 Å². The maximum Gasteiger partial charge on any atom is 0.258 e. The second kappa shape index (κ2) is 7.31. The van der Waals surface area contributed by atoms with Crippen molar-refractivity contribution >= 4 is 5.91 Å². The van der Waals surface area contributed by atoms with Crippen LogP contribution in [0.1, 0.15) is 5.56 Å². The molecule has 1 aromatic carbocycles. The first-order valence-electron chi connectivity index (χ1n) is 5.38. The number of amides is 1. The van der Waals surface area contributed by atoms with Crippen LogP contribution in [0.3, 0.4) is 0 Å². The first-order valence-corrected chi connectivity index (χ1v) is 5.38. The first kappa shape index (κ1) is 13.1. The van der Waals surface area contributed by atoms with Gasteiger partial charge in [-0.05, 0) is 30.7 Å². The smallest absolute Gasteiger partial charge is 0.258 e. The van der Waals surface area contributed by atoms with Gasteiger partial charge in [-0.3, -0.25) is 4.79 Å². The van der Waals surface area contributed by atoms with Crippen LogP contribution in [0.15, 0.2) is 24.3 Å². The maximum atomic E-state index is 11.2. The molecule has 0 bridgehead atoms. The molecule has 0 heterocycles. The van der Waals surface area contributed by atoms with E-state index < -0.39 is 0 Å². The highest BCUT2D eigenvalue weighted by atomic mass is 16.5. The zero-order chi connectivity index (χ0) is 12.5. The average Bonchev–Trinajstić information content (AvgIpc) is 2.36. The van der Waals surface area contributed by atoms with Gasteiger partial charge in [0.05, 0.1) is 6.54 Å². The van der Waals surface area contributed by atoms with Crippen LogP contribution in [0.4, 0.5) is 0 Å². The third-order valence-electron chi connectivity index (χ3n) is 2.11. The minimum atomic E-state index is -0.228. The molecular weight excluding hydrogens is 216 g/mol. The number of benzene rings is 1. The van der Waals surface area contributed by atoms with E-state index in [1.54, 1.807) is 0 Å². The highest BCUT2D eigenvalue weighted by Crippen LogP contribution is 2.12. The number of hydrogen-bond acceptors (Lipinski definition) is 3. The van der Waals surface area contributed by atoms with E-state index in [0.717, 1.165) is 12.0 Å². The Morgan fingerprint density at radius 1 is 1.41 bits per heavy atom. The van der Waals surface area contributed by atoms with Gasteiger partial charge in [0.1, 0.15) is 5.75 Å². The van der Waals surface area contributed by atoms with Crippen molar-refractivity contribution in [2.75, 3.05) is 19.7 Å². The largest absolute Gasteiger partial charge is 0.484 e. The molecule has 0 fully saturated rings. The van der Waals surface area contributed by atoms with Crippen molar-refractivity contribution in [3.05, 3.63) is 29.8 Å². The van der Waals surface area contributed by atoms with E-state index in [2.05, 4.69) is 11.2 Å². The molecule has 0 aliphatic carbocycles. The Kier molecular flexibility index (Phi) is 5.62. The van der Waals surface area contributed by atoms with Crippen LogP contribution in [0, 0.1) is 12.3 Å². The fourth-order valence-corrected chi connectivity index (χ4v) is 1.27. The predicted octanol–water partition coefficient (Wildman–Crippen LogP) is 0.316. The number of nitrogens with two attached hydrogens (primary N) is 1. The van der Waals surface area contributed by atoms with Gasteiger partial charge in [0.2, 0.25) is 0 Å². The summed E-state index contributed by atoms with van der Waals surface area (Å²) < 4.78 is 5.29. The minimum Gasteiger partial charge on any atom is -0.484 e. The SMILES string of the molecule is C#CCNC(=O)COc1ccc(CCN)cc1. The fourth-order valence-electron chi connectivity index (χ4n) is 1.27. The molecule has 4 heteroatoms. The summed E-state index contributed by atoms with van der Waals surface area (Å²) in [5.41, 5.74) is 6.59. The van der Waals surface area contributed by atoms with Crippen molar-refractivity contribution in [1.29, 1.82) is 0 Å². The number of ether oxygens (including phenoxy) is 1. The van der Waals surface area contributed by atoms with E-state index in [4.69, 9.17) is 16.9 Å². The van der Waals surface area contributed by atoms with E-state index >= 15 is 0 Å². The molecule has 0 aliphatic rings. The number of nitrogens with one attached hydrogen (secondary N) is 1. The maximum absolute atomic E-state index is 11.2. The number of carbonyl (C=O) groups excluding carboxylic acids is 1. The minimum absolute atomic E-state index is 0.0298. The van der Waals surface area contributed by atoms with Gasteiger partial charge in [-0.25, -0.2) is 0 Å². The highest BCUT2D eigenvalue weighted by Gasteiger charge is 2.01. The van der Waals surface area contributed by atoms with Gasteiger partial charge < -0.3 is 15.8 Å². The molecule has 17 heavy (non-hydrogen) atoms. The lowest BCUT2D eigenvalue weighted by molar-refractivity contribution is -0.122. The molecule has 0 aliphatic heterocycles. The van der Waals surface area contributed by atoms with Gasteiger partial charge >= 0.3 is 0 Å². The van der Waals surface area contributed by atoms with Gasteiger partial charge in [0.25, 0.3) is 5.91 Å². The quantitative estimate of drug-likeness (QED) is 0.694. The number of hydrogen-bond donors (Lipinski definition) is 2. The molecule has 4 nitrogen and oxygen atoms in total. The molecule has 0 saturated heterocycles. The second-order valence-electron chi connectivity index (χ2n) is 3.45. The van der Waals surface area contributed by atoms with Crippen molar-refractivity contribution in [2.45, 2.75) is 6.42 Å². The van der Waals surface area contributed by atoms with Crippen molar-refractivity contribution in [1.82, 2.24) is 5.32 Å². The summed E-state index contributed by atoms with van der Waals surface area (Å²) in [5, 5.41) is 2.52. The number of rotatable bonds is 6. The van der Waals surface area contributed by atoms with Crippen LogP contribution in [-0.2, 0) is 11.2 Å². The van der Waals surface area contributed by atoms with Gasteiger partial charge in [0.15, 0.2) is 6.61 Å². The van der Waals surface area contributed by atoms with Crippen LogP contribution >= 0.6 is 0 Å². The normalized spacial score (nSPS) is 9.41. The molecule has 3 N–H and O–H groups in total. The van der Waals surface area contributed by atoms with Crippen molar-refractivity contribution in [2.24, 2.45) is 5.73 Å². The van der Waals surface area contributed by atoms with E-state index in [-0.39, 0.29) is 19.1 Å². The lowest BCUT2D eigenvalue weighted by atomic mass is 10.1. The van der Waals surface area contributed by atoms with Crippen LogP contribution in [0.5, 0.6) is 5.75 Å². The van der Waals surface area contributed by atoms with Crippen LogP contribution in [-0.4, -0.2) is 25.6 Å². The van der Waals surface area contributed by atoms with Crippen molar-refractivity contribution < 1.29 is 9.53 Å². The zero-order valence-corrected chi connectivity index (χ0v) is 9.61. The molecule has 1 amide bonds. The summed E-state index contributed by atoms with van der Waals surface area (Å²) in [5.74, 6) is 2.75. The fraction of sp³-hybridized carbons (Fsp3) is 0.308. The number of carbonyl (C=O) groups is 1. The topological polar surface area (TPSA) is 64.3 Å². The Morgan fingerprint density at radius 3 is 2.71 bits per heavy atom. The monoisotopic (exact) mass is 232 g/mol. The molecule has 0 saturated carbocycles. The highest BCUT2D eigenvalue weighted by molar-refractivity contribution is 5.77. The Morgan fingerprint density at radius 2 is 2.12 bits per heavy atom. The number of terminal acetylenes is 1. The summed E-state index contributed by atoms with van der Waals surface area (Å²) in [6, 6.07) is 7.50. The lowest BCUT2D eigenvalue weighted by Crippen LogP contribution is -2.28. The van der Waals surface area contributed by atoms with E-state index in [0.29, 0.717) is 12.3 Å². The van der Waals surface area contributed by atoms with Crippen LogP contribution in [0.2, 0.25) is 0 Å². The van der Waals surface area contributed by atoms with Crippen LogP contribution in [0.25, 0.3) is 0 Å². The molecule has 0 unspecified atom stereocenters. The van der Waals surface area contributed by atoms with E-state index in [9.17, 15) is 4.79 Å². The summed E-state index contributed by atoms with van der Waals surface area (Å²) in [6.07, 6.45) is 5.85. The Labute approximate surface area is 101 Å². The third kappa shape index (κ3) is 5.05. The zero-order valence-electron chi connectivity index (χ0n) is 9.61. The van der Waals surface area contributed by atoms with Crippen molar-refractivity contribution in [3.63, 3.8) is 0 Å². The van der Waals surface area contributed by atoms with Gasteiger partial charge in [-0.2, -0.15) is 0 Å². The Hall–Kier alpha value is -1.99. The molecule has 0 radical (unpaired) electrons. The molecule has 0 atom stereocenters. The standard InChI is InChI=1S/C13H16N2O2/c1-2-9-15-13(16)10-17-12-5-3-11(4-6-12)7-8-14/h1,3-6H,7-10,14H2,(H,15,16). The summed E-state index contributed by atoms with van der Waals surface area (Å²) in [7, 11) is 0. The average molecular weight is 232 g/mol.